The molecule has 0 saturated heterocycles. The lowest BCUT2D eigenvalue weighted by Crippen LogP contribution is -1.77. The molecule has 2 aromatic rings. The lowest BCUT2D eigenvalue weighted by Gasteiger charge is -1.99. The van der Waals surface area contributed by atoms with Gasteiger partial charge in [-0.25, -0.2) is 4.39 Å². The summed E-state index contributed by atoms with van der Waals surface area (Å²) in [6.07, 6.45) is 1.75. The van der Waals surface area contributed by atoms with Crippen molar-refractivity contribution >= 4 is 16.8 Å². The van der Waals surface area contributed by atoms with Gasteiger partial charge in [-0.15, -0.1) is 0 Å². The van der Waals surface area contributed by atoms with Crippen molar-refractivity contribution in [2.24, 2.45) is 0 Å². The third-order valence-electron chi connectivity index (χ3n) is 2.06. The third kappa shape index (κ3) is 1.45. The van der Waals surface area contributed by atoms with E-state index < -0.39 is 0 Å². The molecule has 0 bridgehead atoms. The molecule has 13 heavy (non-hydrogen) atoms. The molecule has 0 aliphatic rings. The summed E-state index contributed by atoms with van der Waals surface area (Å²) >= 11 is 0. The van der Waals surface area contributed by atoms with Crippen LogP contribution in [0.3, 0.4) is 0 Å². The van der Waals surface area contributed by atoms with Gasteiger partial charge in [-0.1, -0.05) is 30.9 Å². The summed E-state index contributed by atoms with van der Waals surface area (Å²) in [6, 6.07) is 10.6. The van der Waals surface area contributed by atoms with Gasteiger partial charge >= 0.3 is 0 Å². The van der Waals surface area contributed by atoms with E-state index in [-0.39, 0.29) is 5.82 Å². The minimum atomic E-state index is -0.200. The summed E-state index contributed by atoms with van der Waals surface area (Å²) in [5.41, 5.74) is 1.01. The average molecular weight is 172 g/mol. The molecular weight excluding hydrogens is 163 g/mol. The van der Waals surface area contributed by atoms with Gasteiger partial charge in [0.05, 0.1) is 0 Å². The van der Waals surface area contributed by atoms with E-state index in [1.807, 2.05) is 18.2 Å². The standard InChI is InChI=1S/C12H9F/c1-2-9-3-4-10-5-6-12(13)8-11(10)7-9/h2-8H,1H2. The van der Waals surface area contributed by atoms with Crippen LogP contribution in [0.2, 0.25) is 0 Å². The Morgan fingerprint density at radius 2 is 1.77 bits per heavy atom. The van der Waals surface area contributed by atoms with E-state index in [4.69, 9.17) is 0 Å². The van der Waals surface area contributed by atoms with Gasteiger partial charge in [0.1, 0.15) is 5.82 Å². The number of benzene rings is 2. The fraction of sp³-hybridized carbons (Fsp3) is 0. The maximum absolute atomic E-state index is 12.8. The van der Waals surface area contributed by atoms with Crippen LogP contribution >= 0.6 is 0 Å². The van der Waals surface area contributed by atoms with Gasteiger partial charge in [0.2, 0.25) is 0 Å². The van der Waals surface area contributed by atoms with Crippen LogP contribution in [0.4, 0.5) is 4.39 Å². The largest absolute Gasteiger partial charge is 0.207 e. The summed E-state index contributed by atoms with van der Waals surface area (Å²) in [6.45, 7) is 3.67. The first-order valence-corrected chi connectivity index (χ1v) is 4.11. The van der Waals surface area contributed by atoms with E-state index >= 15 is 0 Å². The second-order valence-corrected chi connectivity index (χ2v) is 2.96. The van der Waals surface area contributed by atoms with Crippen LogP contribution in [-0.2, 0) is 0 Å². The molecule has 0 amide bonds. The second kappa shape index (κ2) is 3.02. The zero-order valence-corrected chi connectivity index (χ0v) is 7.13. The first kappa shape index (κ1) is 7.99. The van der Waals surface area contributed by atoms with Crippen LogP contribution in [0.15, 0.2) is 43.0 Å². The molecule has 0 heterocycles. The zero-order valence-electron chi connectivity index (χ0n) is 7.13. The number of halogens is 1. The molecule has 0 atom stereocenters. The monoisotopic (exact) mass is 172 g/mol. The molecule has 2 aromatic carbocycles. The Labute approximate surface area is 76.3 Å². The van der Waals surface area contributed by atoms with Crippen LogP contribution in [0.25, 0.3) is 16.8 Å². The predicted octanol–water partition coefficient (Wildman–Crippen LogP) is 3.62. The summed E-state index contributed by atoms with van der Waals surface area (Å²) in [5, 5.41) is 1.96. The van der Waals surface area contributed by atoms with Crippen molar-refractivity contribution in [3.63, 3.8) is 0 Å². The molecule has 0 spiro atoms. The Balaban J connectivity index is 2.74. The predicted molar refractivity (Wildman–Crippen MR) is 54.0 cm³/mol. The quantitative estimate of drug-likeness (QED) is 0.616. The lowest BCUT2D eigenvalue weighted by molar-refractivity contribution is 0.630. The van der Waals surface area contributed by atoms with Gasteiger partial charge in [-0.05, 0) is 34.5 Å². The molecule has 0 aliphatic heterocycles. The van der Waals surface area contributed by atoms with Crippen LogP contribution < -0.4 is 0 Å². The SMILES string of the molecule is C=Cc1ccc2ccc(F)cc2c1. The Hall–Kier alpha value is -1.63. The second-order valence-electron chi connectivity index (χ2n) is 2.96. The molecule has 0 saturated carbocycles. The molecule has 1 heteroatoms. The molecule has 64 valence electrons. The fourth-order valence-corrected chi connectivity index (χ4v) is 1.36. The normalized spacial score (nSPS) is 10.2. The molecule has 0 N–H and O–H groups in total. The molecule has 0 fully saturated rings. The van der Waals surface area contributed by atoms with E-state index in [0.717, 1.165) is 16.3 Å². The molecule has 0 radical (unpaired) electrons. The van der Waals surface area contributed by atoms with Gasteiger partial charge in [-0.3, -0.25) is 0 Å². The number of hydrogen-bond donors (Lipinski definition) is 0. The Kier molecular flexibility index (Phi) is 1.85. The Morgan fingerprint density at radius 1 is 1.00 bits per heavy atom. The number of fused-ring (bicyclic) bond motifs is 1. The summed E-state index contributed by atoms with van der Waals surface area (Å²) in [5.74, 6) is -0.200. The van der Waals surface area contributed by atoms with Gasteiger partial charge in [0.25, 0.3) is 0 Å². The van der Waals surface area contributed by atoms with Crippen molar-refractivity contribution in [3.05, 3.63) is 54.4 Å². The summed E-state index contributed by atoms with van der Waals surface area (Å²) in [7, 11) is 0. The molecule has 0 nitrogen and oxygen atoms in total. The third-order valence-corrected chi connectivity index (χ3v) is 2.06. The molecule has 0 aromatic heterocycles. The van der Waals surface area contributed by atoms with Gasteiger partial charge in [-0.2, -0.15) is 0 Å². The van der Waals surface area contributed by atoms with E-state index in [2.05, 4.69) is 6.58 Å². The molecule has 2 rings (SSSR count). The van der Waals surface area contributed by atoms with E-state index in [1.54, 1.807) is 12.1 Å². The van der Waals surface area contributed by atoms with E-state index in [1.165, 1.54) is 12.1 Å². The van der Waals surface area contributed by atoms with Crippen LogP contribution in [0.5, 0.6) is 0 Å². The first-order chi connectivity index (χ1) is 6.29. The molecule has 0 aliphatic carbocycles. The molecule has 0 unspecified atom stereocenters. The van der Waals surface area contributed by atoms with Gasteiger partial charge in [0, 0.05) is 0 Å². The average Bonchev–Trinajstić information content (AvgIpc) is 2.16. The zero-order chi connectivity index (χ0) is 9.26. The smallest absolute Gasteiger partial charge is 0.123 e. The summed E-state index contributed by atoms with van der Waals surface area (Å²) < 4.78 is 12.8. The maximum atomic E-state index is 12.8. The van der Waals surface area contributed by atoms with Crippen molar-refractivity contribution in [1.82, 2.24) is 0 Å². The lowest BCUT2D eigenvalue weighted by atomic mass is 10.1. The van der Waals surface area contributed by atoms with Gasteiger partial charge in [0.15, 0.2) is 0 Å². The van der Waals surface area contributed by atoms with Crippen LogP contribution in [-0.4, -0.2) is 0 Å². The van der Waals surface area contributed by atoms with Crippen molar-refractivity contribution in [1.29, 1.82) is 0 Å². The topological polar surface area (TPSA) is 0 Å². The van der Waals surface area contributed by atoms with Gasteiger partial charge < -0.3 is 0 Å². The Bertz CT molecular complexity index is 458. The fourth-order valence-electron chi connectivity index (χ4n) is 1.36. The highest BCUT2D eigenvalue weighted by Gasteiger charge is 1.95. The number of hydrogen-bond acceptors (Lipinski definition) is 0. The highest BCUT2D eigenvalue weighted by Crippen LogP contribution is 2.17. The maximum Gasteiger partial charge on any atom is 0.123 e. The number of rotatable bonds is 1. The summed E-state index contributed by atoms with van der Waals surface area (Å²) in [4.78, 5) is 0. The Morgan fingerprint density at radius 3 is 2.54 bits per heavy atom. The van der Waals surface area contributed by atoms with Crippen molar-refractivity contribution in [3.8, 4) is 0 Å². The van der Waals surface area contributed by atoms with Crippen molar-refractivity contribution in [2.45, 2.75) is 0 Å². The van der Waals surface area contributed by atoms with E-state index in [0.29, 0.717) is 0 Å². The highest BCUT2D eigenvalue weighted by molar-refractivity contribution is 5.84. The minimum absolute atomic E-state index is 0.200. The first-order valence-electron chi connectivity index (χ1n) is 4.11. The highest BCUT2D eigenvalue weighted by atomic mass is 19.1. The van der Waals surface area contributed by atoms with Crippen LogP contribution in [0, 0.1) is 5.82 Å². The molecular formula is C12H9F. The van der Waals surface area contributed by atoms with E-state index in [9.17, 15) is 4.39 Å². The van der Waals surface area contributed by atoms with Crippen molar-refractivity contribution in [2.75, 3.05) is 0 Å². The van der Waals surface area contributed by atoms with Crippen molar-refractivity contribution < 1.29 is 4.39 Å². The van der Waals surface area contributed by atoms with Crippen LogP contribution in [0.1, 0.15) is 5.56 Å². The minimum Gasteiger partial charge on any atom is -0.207 e.